The zero-order valence-electron chi connectivity index (χ0n) is 19.9. The molecule has 0 radical (unpaired) electrons. The van der Waals surface area contributed by atoms with Gasteiger partial charge in [-0.2, -0.15) is 5.26 Å². The van der Waals surface area contributed by atoms with Gasteiger partial charge in [-0.1, -0.05) is 36.2 Å². The summed E-state index contributed by atoms with van der Waals surface area (Å²) in [7, 11) is -4.66. The van der Waals surface area contributed by atoms with Crippen molar-refractivity contribution in [3.8, 4) is 17.6 Å². The van der Waals surface area contributed by atoms with Crippen molar-refractivity contribution >= 4 is 66.5 Å². The average molecular weight is 651 g/mol. The molecular formula is C24H16BrCl2FN3NaO5S. The summed E-state index contributed by atoms with van der Waals surface area (Å²) in [6.45, 7) is 1.52. The van der Waals surface area contributed by atoms with Gasteiger partial charge >= 0.3 is 29.6 Å². The maximum atomic E-state index is 15.3. The maximum Gasteiger partial charge on any atom is 1.00 e. The fourth-order valence-electron chi connectivity index (χ4n) is 3.30. The third kappa shape index (κ3) is 7.55. The molecule has 0 spiro atoms. The summed E-state index contributed by atoms with van der Waals surface area (Å²) >= 11 is 15.3. The fraction of sp³-hybridized carbons (Fsp3) is 0.125. The Balaban J connectivity index is 0.00000507. The molecule has 0 heterocycles. The smallest absolute Gasteiger partial charge is 0.560 e. The maximum absolute atomic E-state index is 15.3. The zero-order valence-corrected chi connectivity index (χ0v) is 25.8. The van der Waals surface area contributed by atoms with Gasteiger partial charge in [-0.25, -0.2) is 12.8 Å². The predicted octanol–water partition coefficient (Wildman–Crippen LogP) is 4.08. The standard InChI is InChI=1S/C24H17BrCl2FN3O5S.Na/c1-2-19(32)16-4-6-18(21(27)24(16)37(30,34)35)31-20(33)9-13-3-5-17(25)23(22(13)28)36-15-8-12(11-29)7-14(26)10-15;/h3-8,10H,2,9H2,1H3,(H3,30,31,32,33,34,35);/q;+1/p-1. The number of anilines is 1. The van der Waals surface area contributed by atoms with Gasteiger partial charge in [-0.15, -0.1) is 0 Å². The van der Waals surface area contributed by atoms with Crippen LogP contribution in [0.25, 0.3) is 5.14 Å². The first-order chi connectivity index (χ1) is 17.3. The van der Waals surface area contributed by atoms with Crippen molar-refractivity contribution in [2.75, 3.05) is 5.32 Å². The van der Waals surface area contributed by atoms with E-state index in [1.807, 2.05) is 6.07 Å². The number of amides is 1. The molecule has 0 aliphatic heterocycles. The second-order valence-corrected chi connectivity index (χ2v) is 10.6. The van der Waals surface area contributed by atoms with Gasteiger partial charge in [0.1, 0.15) is 15.8 Å². The van der Waals surface area contributed by atoms with Crippen molar-refractivity contribution in [3.63, 3.8) is 0 Å². The van der Waals surface area contributed by atoms with Gasteiger partial charge in [0.2, 0.25) is 5.91 Å². The molecule has 0 bridgehead atoms. The molecular weight excluding hydrogens is 635 g/mol. The normalized spacial score (nSPS) is 10.8. The molecule has 0 aliphatic rings. The van der Waals surface area contributed by atoms with E-state index in [1.165, 1.54) is 43.3 Å². The Morgan fingerprint density at radius 2 is 1.87 bits per heavy atom. The average Bonchev–Trinajstić information content (AvgIpc) is 2.83. The van der Waals surface area contributed by atoms with Crippen LogP contribution in [-0.2, 0) is 21.2 Å². The number of sulfonamides is 1. The molecule has 38 heavy (non-hydrogen) atoms. The van der Waals surface area contributed by atoms with Crippen LogP contribution in [0.5, 0.6) is 11.5 Å². The number of nitrogens with zero attached hydrogens (tertiary/aromatic N) is 1. The summed E-state index contributed by atoms with van der Waals surface area (Å²) < 4.78 is 45.1. The van der Waals surface area contributed by atoms with Crippen LogP contribution in [0.3, 0.4) is 0 Å². The van der Waals surface area contributed by atoms with Crippen molar-refractivity contribution in [1.29, 1.82) is 5.26 Å². The van der Waals surface area contributed by atoms with Gasteiger partial charge in [-0.05, 0) is 52.3 Å². The van der Waals surface area contributed by atoms with Crippen molar-refractivity contribution in [3.05, 3.63) is 84.6 Å². The van der Waals surface area contributed by atoms with Gasteiger partial charge in [0.15, 0.2) is 17.3 Å². The van der Waals surface area contributed by atoms with E-state index in [0.29, 0.717) is 0 Å². The molecule has 8 nitrogen and oxygen atoms in total. The van der Waals surface area contributed by atoms with Gasteiger partial charge in [0, 0.05) is 22.6 Å². The van der Waals surface area contributed by atoms with Gasteiger partial charge in [-0.3, -0.25) is 9.59 Å². The fourth-order valence-corrected chi connectivity index (χ4v) is 5.25. The number of carbonyl (C=O) groups is 2. The molecule has 1 amide bonds. The SMILES string of the molecule is CCC(=O)c1ccc(NC(=O)Cc2ccc(Br)c(Oc3cc(Cl)cc(C#N)c3)c2F)c(Cl)c1S([NH-])(=O)=O.[Na+]. The topological polar surface area (TPSA) is 137 Å². The number of carbonyl (C=O) groups excluding carboxylic acids is 2. The summed E-state index contributed by atoms with van der Waals surface area (Å²) in [4.78, 5) is 24.1. The number of hydrogen-bond donors (Lipinski definition) is 1. The van der Waals surface area contributed by atoms with Crippen molar-refractivity contribution < 1.29 is 56.7 Å². The number of hydrogen-bond acceptors (Lipinski definition) is 6. The Morgan fingerprint density at radius 1 is 1.18 bits per heavy atom. The Morgan fingerprint density at radius 3 is 2.47 bits per heavy atom. The van der Waals surface area contributed by atoms with Crippen molar-refractivity contribution in [2.24, 2.45) is 0 Å². The number of halogens is 4. The predicted molar refractivity (Wildman–Crippen MR) is 140 cm³/mol. The molecule has 192 valence electrons. The van der Waals surface area contributed by atoms with E-state index >= 15 is 4.39 Å². The van der Waals surface area contributed by atoms with Crippen LogP contribution < -0.4 is 39.6 Å². The van der Waals surface area contributed by atoms with Crippen molar-refractivity contribution in [2.45, 2.75) is 24.7 Å². The molecule has 0 aliphatic carbocycles. The van der Waals surface area contributed by atoms with E-state index in [-0.39, 0.29) is 79.4 Å². The molecule has 3 aromatic carbocycles. The van der Waals surface area contributed by atoms with Gasteiger partial charge in [0.25, 0.3) is 0 Å². The second-order valence-electron chi connectivity index (χ2n) is 7.55. The molecule has 0 saturated heterocycles. The Bertz CT molecular complexity index is 1580. The third-order valence-corrected chi connectivity index (χ3v) is 7.27. The summed E-state index contributed by atoms with van der Waals surface area (Å²) in [5.41, 5.74) is -0.295. The van der Waals surface area contributed by atoms with E-state index in [4.69, 9.17) is 38.3 Å². The van der Waals surface area contributed by atoms with Crippen LogP contribution in [0.4, 0.5) is 10.1 Å². The molecule has 0 atom stereocenters. The van der Waals surface area contributed by atoms with E-state index in [1.54, 1.807) is 0 Å². The van der Waals surface area contributed by atoms with Crippen LogP contribution in [0.2, 0.25) is 10.0 Å². The van der Waals surface area contributed by atoms with Crippen LogP contribution >= 0.6 is 39.1 Å². The minimum absolute atomic E-state index is 0. The summed E-state index contributed by atoms with van der Waals surface area (Å²) in [5, 5.41) is 18.6. The third-order valence-electron chi connectivity index (χ3n) is 4.96. The van der Waals surface area contributed by atoms with Gasteiger partial charge in [0.05, 0.1) is 38.1 Å². The number of rotatable bonds is 8. The molecule has 14 heteroatoms. The van der Waals surface area contributed by atoms with E-state index in [0.717, 1.165) is 6.07 Å². The molecule has 3 aromatic rings. The molecule has 0 aromatic heterocycles. The first kappa shape index (κ1) is 32.2. The van der Waals surface area contributed by atoms with Crippen LogP contribution in [-0.4, -0.2) is 20.1 Å². The van der Waals surface area contributed by atoms with Gasteiger partial charge < -0.3 is 15.2 Å². The number of nitrogens with one attached hydrogen (secondary N) is 2. The minimum Gasteiger partial charge on any atom is -0.560 e. The largest absolute Gasteiger partial charge is 1.00 e. The first-order valence-corrected chi connectivity index (χ1v) is 13.4. The Hall–Kier alpha value is -2.01. The quantitative estimate of drug-likeness (QED) is 0.288. The summed E-state index contributed by atoms with van der Waals surface area (Å²) in [6, 6.07) is 11.3. The van der Waals surface area contributed by atoms with Crippen LogP contribution in [0.1, 0.15) is 34.8 Å². The second kappa shape index (κ2) is 13.4. The molecule has 0 saturated carbocycles. The Kier molecular flexibility index (Phi) is 11.3. The number of ketones is 1. The number of benzene rings is 3. The summed E-state index contributed by atoms with van der Waals surface area (Å²) in [6.07, 6.45) is -0.520. The molecule has 3 rings (SSSR count). The monoisotopic (exact) mass is 649 g/mol. The molecule has 0 unspecified atom stereocenters. The van der Waals surface area contributed by atoms with E-state index in [2.05, 4.69) is 21.2 Å². The number of nitriles is 1. The number of Topliss-reactive ketones (excluding diaryl/α,β-unsaturated/α-hetero) is 1. The molecule has 0 fully saturated rings. The van der Waals surface area contributed by atoms with Crippen molar-refractivity contribution in [1.82, 2.24) is 0 Å². The summed E-state index contributed by atoms with van der Waals surface area (Å²) in [5.74, 6) is -2.32. The molecule has 2 N–H and O–H groups in total. The van der Waals surface area contributed by atoms with Crippen LogP contribution in [0, 0.1) is 17.1 Å². The zero-order chi connectivity index (χ0) is 27.5. The van der Waals surface area contributed by atoms with E-state index in [9.17, 15) is 18.0 Å². The van der Waals surface area contributed by atoms with Crippen LogP contribution in [0.15, 0.2) is 51.8 Å². The number of ether oxygens (including phenoxy) is 1. The Labute approximate surface area is 258 Å². The minimum atomic E-state index is -4.66. The first-order valence-electron chi connectivity index (χ1n) is 10.4. The van der Waals surface area contributed by atoms with E-state index < -0.39 is 43.9 Å².